The predicted octanol–water partition coefficient (Wildman–Crippen LogP) is 2.08. The number of ether oxygens (including phenoxy) is 1. The average Bonchev–Trinajstić information content (AvgIpc) is 2.28. The quantitative estimate of drug-likeness (QED) is 0.827. The minimum Gasteiger partial charge on any atom is -0.497 e. The first kappa shape index (κ1) is 13.5. The SMILES string of the molecule is COc1ccc(S(=O)(=O)C(C)(C)C#N)c(C)c1. The van der Waals surface area contributed by atoms with Crippen molar-refractivity contribution in [2.45, 2.75) is 30.4 Å². The second-order valence-corrected chi connectivity index (χ2v) is 6.72. The molecular weight excluding hydrogens is 238 g/mol. The molecule has 0 radical (unpaired) electrons. The number of rotatable bonds is 3. The second-order valence-electron chi connectivity index (χ2n) is 4.26. The van der Waals surface area contributed by atoms with Crippen molar-refractivity contribution in [3.05, 3.63) is 23.8 Å². The minimum atomic E-state index is -3.66. The van der Waals surface area contributed by atoms with E-state index in [0.717, 1.165) is 0 Å². The van der Waals surface area contributed by atoms with Crippen molar-refractivity contribution in [1.82, 2.24) is 0 Å². The average molecular weight is 253 g/mol. The molecule has 0 aromatic heterocycles. The summed E-state index contributed by atoms with van der Waals surface area (Å²) in [7, 11) is -2.14. The fourth-order valence-corrected chi connectivity index (χ4v) is 2.79. The van der Waals surface area contributed by atoms with Crippen LogP contribution in [0.25, 0.3) is 0 Å². The third kappa shape index (κ3) is 2.27. The Morgan fingerprint density at radius 2 is 1.94 bits per heavy atom. The Balaban J connectivity index is 3.42. The van der Waals surface area contributed by atoms with E-state index < -0.39 is 14.6 Å². The van der Waals surface area contributed by atoms with Crippen LogP contribution in [0.4, 0.5) is 0 Å². The third-order valence-corrected chi connectivity index (χ3v) is 5.08. The van der Waals surface area contributed by atoms with Crippen LogP contribution in [0, 0.1) is 18.3 Å². The number of sulfone groups is 1. The first-order valence-electron chi connectivity index (χ1n) is 5.07. The molecule has 1 aromatic rings. The molecule has 0 saturated carbocycles. The van der Waals surface area contributed by atoms with Crippen LogP contribution in [0.3, 0.4) is 0 Å². The van der Waals surface area contributed by atoms with Gasteiger partial charge >= 0.3 is 0 Å². The van der Waals surface area contributed by atoms with Crippen LogP contribution in [0.5, 0.6) is 5.75 Å². The van der Waals surface area contributed by atoms with Gasteiger partial charge in [0.25, 0.3) is 0 Å². The van der Waals surface area contributed by atoms with E-state index >= 15 is 0 Å². The van der Waals surface area contributed by atoms with Crippen molar-refractivity contribution < 1.29 is 13.2 Å². The molecule has 0 unspecified atom stereocenters. The van der Waals surface area contributed by atoms with Gasteiger partial charge in [0.05, 0.1) is 18.1 Å². The first-order valence-corrected chi connectivity index (χ1v) is 6.55. The van der Waals surface area contributed by atoms with Crippen LogP contribution in [-0.4, -0.2) is 20.3 Å². The Labute approximate surface area is 102 Å². The summed E-state index contributed by atoms with van der Waals surface area (Å²) < 4.78 is 28.1. The molecule has 4 nitrogen and oxygen atoms in total. The van der Waals surface area contributed by atoms with Gasteiger partial charge in [0.1, 0.15) is 5.75 Å². The van der Waals surface area contributed by atoms with Gasteiger partial charge < -0.3 is 4.74 Å². The highest BCUT2D eigenvalue weighted by atomic mass is 32.2. The zero-order chi connectivity index (χ0) is 13.3. The van der Waals surface area contributed by atoms with Crippen molar-refractivity contribution in [2.75, 3.05) is 7.11 Å². The molecular formula is C12H15NO3S. The van der Waals surface area contributed by atoms with Crippen LogP contribution >= 0.6 is 0 Å². The van der Waals surface area contributed by atoms with E-state index in [1.165, 1.54) is 27.0 Å². The highest BCUT2D eigenvalue weighted by Crippen LogP contribution is 2.29. The van der Waals surface area contributed by atoms with E-state index in [1.54, 1.807) is 19.1 Å². The number of nitrogens with zero attached hydrogens (tertiary/aromatic N) is 1. The number of hydrogen-bond acceptors (Lipinski definition) is 4. The summed E-state index contributed by atoms with van der Waals surface area (Å²) in [6.45, 7) is 4.47. The van der Waals surface area contributed by atoms with Crippen LogP contribution in [0.2, 0.25) is 0 Å². The molecule has 0 aliphatic rings. The fraction of sp³-hybridized carbons (Fsp3) is 0.417. The summed E-state index contributed by atoms with van der Waals surface area (Å²) in [6, 6.07) is 6.51. The fourth-order valence-electron chi connectivity index (χ4n) is 1.39. The van der Waals surface area contributed by atoms with Crippen LogP contribution in [0.15, 0.2) is 23.1 Å². The smallest absolute Gasteiger partial charge is 0.197 e. The number of nitriles is 1. The largest absolute Gasteiger partial charge is 0.497 e. The molecule has 92 valence electrons. The predicted molar refractivity (Wildman–Crippen MR) is 64.6 cm³/mol. The molecule has 0 spiro atoms. The normalized spacial score (nSPS) is 11.9. The summed E-state index contributed by atoms with van der Waals surface area (Å²) >= 11 is 0. The van der Waals surface area contributed by atoms with E-state index in [1.807, 2.05) is 6.07 Å². The van der Waals surface area contributed by atoms with Gasteiger partial charge in [-0.25, -0.2) is 8.42 Å². The minimum absolute atomic E-state index is 0.171. The summed E-state index contributed by atoms with van der Waals surface area (Å²) in [5, 5.41) is 8.93. The van der Waals surface area contributed by atoms with Crippen LogP contribution in [0.1, 0.15) is 19.4 Å². The molecule has 0 amide bonds. The molecule has 0 fully saturated rings. The highest BCUT2D eigenvalue weighted by molar-refractivity contribution is 7.93. The lowest BCUT2D eigenvalue weighted by Crippen LogP contribution is -2.30. The molecule has 0 aliphatic heterocycles. The van der Waals surface area contributed by atoms with Gasteiger partial charge in [0, 0.05) is 0 Å². The molecule has 0 N–H and O–H groups in total. The van der Waals surface area contributed by atoms with E-state index in [9.17, 15) is 8.42 Å². The molecule has 1 rings (SSSR count). The Kier molecular flexibility index (Phi) is 3.48. The van der Waals surface area contributed by atoms with Gasteiger partial charge in [-0.2, -0.15) is 5.26 Å². The van der Waals surface area contributed by atoms with Gasteiger partial charge in [0.15, 0.2) is 14.6 Å². The van der Waals surface area contributed by atoms with E-state index in [-0.39, 0.29) is 4.90 Å². The van der Waals surface area contributed by atoms with E-state index in [0.29, 0.717) is 11.3 Å². The number of aryl methyl sites for hydroxylation is 1. The molecule has 1 aromatic carbocycles. The Morgan fingerprint density at radius 1 is 1.35 bits per heavy atom. The van der Waals surface area contributed by atoms with Crippen LogP contribution < -0.4 is 4.74 Å². The monoisotopic (exact) mass is 253 g/mol. The molecule has 0 heterocycles. The lowest BCUT2D eigenvalue weighted by atomic mass is 10.2. The topological polar surface area (TPSA) is 67.2 Å². The van der Waals surface area contributed by atoms with Crippen molar-refractivity contribution >= 4 is 9.84 Å². The summed E-state index contributed by atoms with van der Waals surface area (Å²) in [6.07, 6.45) is 0. The maximum absolute atomic E-state index is 12.2. The van der Waals surface area contributed by atoms with Gasteiger partial charge in [-0.1, -0.05) is 0 Å². The number of benzene rings is 1. The second kappa shape index (κ2) is 4.38. The maximum Gasteiger partial charge on any atom is 0.197 e. The summed E-state index contributed by atoms with van der Waals surface area (Å²) in [4.78, 5) is 0.171. The molecule has 0 aliphatic carbocycles. The van der Waals surface area contributed by atoms with Gasteiger partial charge in [-0.05, 0) is 44.5 Å². The summed E-state index contributed by atoms with van der Waals surface area (Å²) in [5.74, 6) is 0.594. The Bertz CT molecular complexity index is 568. The zero-order valence-electron chi connectivity index (χ0n) is 10.3. The van der Waals surface area contributed by atoms with E-state index in [2.05, 4.69) is 0 Å². The van der Waals surface area contributed by atoms with Crippen LogP contribution in [-0.2, 0) is 9.84 Å². The van der Waals surface area contributed by atoms with Crippen molar-refractivity contribution in [2.24, 2.45) is 0 Å². The highest BCUT2D eigenvalue weighted by Gasteiger charge is 2.36. The van der Waals surface area contributed by atoms with E-state index in [4.69, 9.17) is 10.00 Å². The standard InChI is InChI=1S/C12H15NO3S/c1-9-7-10(16-4)5-6-11(9)17(14,15)12(2,3)8-13/h5-7H,1-4H3. The molecule has 0 bridgehead atoms. The summed E-state index contributed by atoms with van der Waals surface area (Å²) in [5.41, 5.74) is 0.577. The first-order chi connectivity index (χ1) is 7.76. The third-order valence-electron chi connectivity index (χ3n) is 2.61. The molecule has 5 heteroatoms. The maximum atomic E-state index is 12.2. The van der Waals surface area contributed by atoms with Crippen molar-refractivity contribution in [3.8, 4) is 11.8 Å². The van der Waals surface area contributed by atoms with Crippen molar-refractivity contribution in [3.63, 3.8) is 0 Å². The number of hydrogen-bond donors (Lipinski definition) is 0. The Hall–Kier alpha value is -1.54. The molecule has 0 saturated heterocycles. The lowest BCUT2D eigenvalue weighted by Gasteiger charge is -2.18. The van der Waals surface area contributed by atoms with Crippen molar-refractivity contribution in [1.29, 1.82) is 5.26 Å². The Morgan fingerprint density at radius 3 is 2.35 bits per heavy atom. The molecule has 0 atom stereocenters. The number of methoxy groups -OCH3 is 1. The zero-order valence-corrected chi connectivity index (χ0v) is 11.1. The van der Waals surface area contributed by atoms with Gasteiger partial charge in [0.2, 0.25) is 0 Å². The lowest BCUT2D eigenvalue weighted by molar-refractivity contribution is 0.414. The molecule has 17 heavy (non-hydrogen) atoms. The van der Waals surface area contributed by atoms with Gasteiger partial charge in [-0.15, -0.1) is 0 Å². The van der Waals surface area contributed by atoms with Gasteiger partial charge in [-0.3, -0.25) is 0 Å².